The third-order valence-electron chi connectivity index (χ3n) is 2.05. The van der Waals surface area contributed by atoms with Crippen LogP contribution in [0.2, 0.25) is 0 Å². The van der Waals surface area contributed by atoms with Gasteiger partial charge in [-0.05, 0) is 53.2 Å². The van der Waals surface area contributed by atoms with E-state index in [9.17, 15) is 4.79 Å². The van der Waals surface area contributed by atoms with E-state index in [4.69, 9.17) is 5.73 Å². The molecular weight excluding hydrogens is 192 g/mol. The molecule has 4 heteroatoms. The van der Waals surface area contributed by atoms with Crippen LogP contribution in [0.3, 0.4) is 0 Å². The topological polar surface area (TPSA) is 55.6 Å². The Hall–Kier alpha value is -0.770. The molecule has 0 unspecified atom stereocenters. The van der Waals surface area contributed by atoms with Gasteiger partial charge in [-0.3, -0.25) is 0 Å². The molecule has 90 valence electrons. The zero-order valence-electron chi connectivity index (χ0n) is 10.4. The minimum Gasteiger partial charge on any atom is -0.444 e. The Balaban J connectivity index is 0.000000262. The maximum atomic E-state index is 10.0. The van der Waals surface area contributed by atoms with E-state index in [1.165, 1.54) is 32.5 Å². The summed E-state index contributed by atoms with van der Waals surface area (Å²) in [5, 5.41) is 0. The SMILES string of the molecule is CC(C)(C)OC(N)=O.CCN1CCCC1. The van der Waals surface area contributed by atoms with Gasteiger partial charge in [0, 0.05) is 0 Å². The average molecular weight is 216 g/mol. The largest absolute Gasteiger partial charge is 0.444 e. The van der Waals surface area contributed by atoms with E-state index in [0.29, 0.717) is 0 Å². The van der Waals surface area contributed by atoms with Crippen molar-refractivity contribution in [3.63, 3.8) is 0 Å². The third kappa shape index (κ3) is 9.53. The Bertz CT molecular complexity index is 182. The molecule has 0 radical (unpaired) electrons. The highest BCUT2D eigenvalue weighted by Crippen LogP contribution is 2.05. The van der Waals surface area contributed by atoms with Crippen molar-refractivity contribution in [1.82, 2.24) is 4.90 Å². The van der Waals surface area contributed by atoms with Gasteiger partial charge in [0.15, 0.2) is 0 Å². The molecule has 0 saturated carbocycles. The lowest BCUT2D eigenvalue weighted by molar-refractivity contribution is 0.0600. The molecule has 1 saturated heterocycles. The predicted molar refractivity (Wildman–Crippen MR) is 61.8 cm³/mol. The first-order chi connectivity index (χ1) is 6.85. The van der Waals surface area contributed by atoms with Gasteiger partial charge in [-0.25, -0.2) is 4.79 Å². The molecule has 0 atom stereocenters. The summed E-state index contributed by atoms with van der Waals surface area (Å²) in [4.78, 5) is 12.5. The van der Waals surface area contributed by atoms with E-state index < -0.39 is 11.7 Å². The second kappa shape index (κ2) is 6.67. The highest BCUT2D eigenvalue weighted by Gasteiger charge is 2.12. The molecule has 1 aliphatic heterocycles. The molecule has 15 heavy (non-hydrogen) atoms. The van der Waals surface area contributed by atoms with Gasteiger partial charge in [-0.1, -0.05) is 6.92 Å². The molecule has 1 heterocycles. The van der Waals surface area contributed by atoms with Crippen molar-refractivity contribution in [2.75, 3.05) is 19.6 Å². The summed E-state index contributed by atoms with van der Waals surface area (Å²) < 4.78 is 4.58. The van der Waals surface area contributed by atoms with Gasteiger partial charge in [0.1, 0.15) is 5.60 Å². The van der Waals surface area contributed by atoms with Crippen LogP contribution in [0, 0.1) is 0 Å². The maximum absolute atomic E-state index is 10.0. The van der Waals surface area contributed by atoms with E-state index >= 15 is 0 Å². The lowest BCUT2D eigenvalue weighted by atomic mass is 10.2. The summed E-state index contributed by atoms with van der Waals surface area (Å²) in [6.45, 7) is 11.4. The maximum Gasteiger partial charge on any atom is 0.405 e. The van der Waals surface area contributed by atoms with Crippen LogP contribution in [0.15, 0.2) is 0 Å². The number of carbonyl (C=O) groups is 1. The molecule has 0 aliphatic carbocycles. The highest BCUT2D eigenvalue weighted by molar-refractivity contribution is 5.65. The number of rotatable bonds is 1. The molecule has 4 nitrogen and oxygen atoms in total. The molecule has 1 aliphatic rings. The van der Waals surface area contributed by atoms with Crippen molar-refractivity contribution in [2.24, 2.45) is 5.73 Å². The molecule has 1 fully saturated rings. The van der Waals surface area contributed by atoms with Crippen LogP contribution in [0.4, 0.5) is 4.79 Å². The van der Waals surface area contributed by atoms with Gasteiger partial charge < -0.3 is 15.4 Å². The number of nitrogens with two attached hydrogens (primary N) is 1. The Morgan fingerprint density at radius 2 is 1.80 bits per heavy atom. The second-order valence-corrected chi connectivity index (χ2v) is 4.67. The molecule has 2 N–H and O–H groups in total. The lowest BCUT2D eigenvalue weighted by Gasteiger charge is -2.16. The van der Waals surface area contributed by atoms with Crippen LogP contribution in [-0.4, -0.2) is 36.2 Å². The van der Waals surface area contributed by atoms with Crippen LogP contribution < -0.4 is 5.73 Å². The lowest BCUT2D eigenvalue weighted by Crippen LogP contribution is -2.27. The van der Waals surface area contributed by atoms with E-state index in [0.717, 1.165) is 0 Å². The van der Waals surface area contributed by atoms with Crippen molar-refractivity contribution in [3.05, 3.63) is 0 Å². The molecule has 0 aromatic carbocycles. The molecule has 1 amide bonds. The first kappa shape index (κ1) is 14.2. The average Bonchev–Trinajstić information content (AvgIpc) is 2.51. The first-order valence-electron chi connectivity index (χ1n) is 5.56. The van der Waals surface area contributed by atoms with Crippen LogP contribution in [0.5, 0.6) is 0 Å². The minimum absolute atomic E-state index is 0.453. The summed E-state index contributed by atoms with van der Waals surface area (Å²) >= 11 is 0. The van der Waals surface area contributed by atoms with E-state index in [-0.39, 0.29) is 0 Å². The minimum atomic E-state index is -0.725. The van der Waals surface area contributed by atoms with Crippen LogP contribution >= 0.6 is 0 Å². The molecular formula is C11H24N2O2. The van der Waals surface area contributed by atoms with Gasteiger partial charge in [0.05, 0.1) is 0 Å². The Labute approximate surface area is 92.8 Å². The normalized spacial score (nSPS) is 16.8. The number of primary amides is 1. The number of hydrogen-bond acceptors (Lipinski definition) is 3. The summed E-state index contributed by atoms with van der Waals surface area (Å²) in [7, 11) is 0. The monoisotopic (exact) mass is 216 g/mol. The summed E-state index contributed by atoms with van der Waals surface area (Å²) in [5.41, 5.74) is 4.26. The summed E-state index contributed by atoms with van der Waals surface area (Å²) in [6.07, 6.45) is 2.12. The molecule has 0 spiro atoms. The van der Waals surface area contributed by atoms with Gasteiger partial charge >= 0.3 is 6.09 Å². The third-order valence-corrected chi connectivity index (χ3v) is 2.05. The number of ether oxygens (including phenoxy) is 1. The van der Waals surface area contributed by atoms with Crippen molar-refractivity contribution in [3.8, 4) is 0 Å². The second-order valence-electron chi connectivity index (χ2n) is 4.67. The number of amides is 1. The number of carbonyl (C=O) groups excluding carboxylic acids is 1. The van der Waals surface area contributed by atoms with Crippen molar-refractivity contribution in [2.45, 2.75) is 46.1 Å². The smallest absolute Gasteiger partial charge is 0.405 e. The molecule has 0 bridgehead atoms. The fourth-order valence-corrected chi connectivity index (χ4v) is 1.40. The summed E-state index contributed by atoms with van der Waals surface area (Å²) in [6, 6.07) is 0. The highest BCUT2D eigenvalue weighted by atomic mass is 16.6. The standard InChI is InChI=1S/C6H13N.C5H11NO2/c1-2-7-5-3-4-6-7;1-5(2,3)8-4(6)7/h2-6H2,1H3;1-3H3,(H2,6,7). The Morgan fingerprint density at radius 3 is 1.93 bits per heavy atom. The van der Waals surface area contributed by atoms with Crippen molar-refractivity contribution in [1.29, 1.82) is 0 Å². The Morgan fingerprint density at radius 1 is 1.33 bits per heavy atom. The zero-order valence-corrected chi connectivity index (χ0v) is 10.4. The van der Waals surface area contributed by atoms with Gasteiger partial charge in [-0.2, -0.15) is 0 Å². The van der Waals surface area contributed by atoms with Gasteiger partial charge in [0.2, 0.25) is 0 Å². The van der Waals surface area contributed by atoms with E-state index in [1.807, 2.05) is 0 Å². The fraction of sp³-hybridized carbons (Fsp3) is 0.909. The number of nitrogens with zero attached hydrogens (tertiary/aromatic N) is 1. The van der Waals surface area contributed by atoms with Crippen molar-refractivity contribution >= 4 is 6.09 Å². The Kier molecular flexibility index (Phi) is 6.32. The van der Waals surface area contributed by atoms with Crippen LogP contribution in [0.25, 0.3) is 0 Å². The zero-order chi connectivity index (χ0) is 11.9. The van der Waals surface area contributed by atoms with Crippen LogP contribution in [0.1, 0.15) is 40.5 Å². The first-order valence-corrected chi connectivity index (χ1v) is 5.56. The predicted octanol–water partition coefficient (Wildman–Crippen LogP) is 1.98. The van der Waals surface area contributed by atoms with E-state index in [1.54, 1.807) is 20.8 Å². The number of hydrogen-bond donors (Lipinski definition) is 1. The van der Waals surface area contributed by atoms with Gasteiger partial charge in [-0.15, -0.1) is 0 Å². The molecule has 0 aromatic rings. The fourth-order valence-electron chi connectivity index (χ4n) is 1.40. The molecule has 0 aromatic heterocycles. The quantitative estimate of drug-likeness (QED) is 0.729. The number of likely N-dealkylation sites (tertiary alicyclic amines) is 1. The van der Waals surface area contributed by atoms with Crippen molar-refractivity contribution < 1.29 is 9.53 Å². The molecule has 1 rings (SSSR count). The van der Waals surface area contributed by atoms with Crippen LogP contribution in [-0.2, 0) is 4.74 Å². The van der Waals surface area contributed by atoms with E-state index in [2.05, 4.69) is 16.6 Å². The summed E-state index contributed by atoms with van der Waals surface area (Å²) in [5.74, 6) is 0. The van der Waals surface area contributed by atoms with Gasteiger partial charge in [0.25, 0.3) is 0 Å².